The van der Waals surface area contributed by atoms with Gasteiger partial charge in [0.1, 0.15) is 47.3 Å². The Morgan fingerprint density at radius 2 is 1.06 bits per heavy atom. The van der Waals surface area contributed by atoms with Crippen LogP contribution in [-0.2, 0) is 50.6 Å². The Morgan fingerprint density at radius 3 is 1.71 bits per heavy atom. The molecule has 0 amide bonds. The Hall–Kier alpha value is -7.25. The molecule has 28 heteroatoms. The van der Waals surface area contributed by atoms with Crippen molar-refractivity contribution in [3.63, 3.8) is 0 Å². The van der Waals surface area contributed by atoms with E-state index in [1.807, 2.05) is 0 Å². The first-order valence-electron chi connectivity index (χ1n) is 19.6. The van der Waals surface area contributed by atoms with Gasteiger partial charge < -0.3 is 0 Å². The quantitative estimate of drug-likeness (QED) is 0.0518. The third-order valence-corrected chi connectivity index (χ3v) is 16.0. The van der Waals surface area contributed by atoms with Gasteiger partial charge in [-0.25, -0.2) is 0 Å². The molecule has 0 atom stereocenters. The van der Waals surface area contributed by atoms with E-state index >= 15 is 0 Å². The van der Waals surface area contributed by atoms with E-state index in [1.54, 1.807) is 51.1 Å². The first-order valence-corrected chi connectivity index (χ1v) is 26.8. The lowest BCUT2D eigenvalue weighted by Crippen LogP contribution is -2.04. The molecule has 0 unspecified atom stereocenters. The molecule has 0 aliphatic carbocycles. The molecule has 11 rings (SSSR count). The number of aromatic nitrogens is 6. The van der Waals surface area contributed by atoms with Crippen molar-refractivity contribution in [2.75, 3.05) is 0 Å². The average Bonchev–Trinajstić information content (AvgIpc) is 4.12. The molecule has 0 aliphatic rings. The summed E-state index contributed by atoms with van der Waals surface area (Å²) in [5, 5.41) is 9.94. The number of rotatable bonds is 11. The van der Waals surface area contributed by atoms with Gasteiger partial charge in [0, 0.05) is 16.2 Å². The van der Waals surface area contributed by atoms with E-state index in [9.17, 15) is 64.9 Å². The molecule has 0 aliphatic heterocycles. The molecule has 352 valence electrons. The highest BCUT2D eigenvalue weighted by molar-refractivity contribution is 7.87. The Labute approximate surface area is 387 Å². The Bertz CT molecular complexity index is 4710. The monoisotopic (exact) mass is 1030 g/mol. The normalized spacial score (nSPS) is 13.8. The number of fused-ring (bicyclic) bond motifs is 12. The van der Waals surface area contributed by atoms with Crippen molar-refractivity contribution in [1.82, 2.24) is 28.1 Å². The number of hydrogen-bond acceptors (Lipinski definition) is 12. The second-order valence-electron chi connectivity index (χ2n) is 15.8. The van der Waals surface area contributed by atoms with Crippen molar-refractivity contribution < 1.29 is 64.9 Å². The maximum atomic E-state index is 12.8. The summed E-state index contributed by atoms with van der Waals surface area (Å²) in [5.41, 5.74) is 2.26. The Kier molecular flexibility index (Phi) is 9.23. The third kappa shape index (κ3) is 7.11. The number of benzene rings is 7. The lowest BCUT2D eigenvalue weighted by atomic mass is 10.1. The third-order valence-electron chi connectivity index (χ3n) is 11.6. The summed E-state index contributed by atoms with van der Waals surface area (Å²) in [7, 11) is -24.0. The predicted molar refractivity (Wildman–Crippen MR) is 246 cm³/mol. The molecule has 0 saturated heterocycles. The summed E-state index contributed by atoms with van der Waals surface area (Å²) in [6.45, 7) is 1.57. The largest absolute Gasteiger partial charge is 0.296 e. The molecule has 7 aromatic carbocycles. The van der Waals surface area contributed by atoms with Crippen LogP contribution in [0, 0.1) is 6.92 Å². The molecule has 23 nitrogen and oxygen atoms in total. The topological polar surface area (TPSA) is 324 Å². The fourth-order valence-electron chi connectivity index (χ4n) is 8.45. The van der Waals surface area contributed by atoms with Crippen LogP contribution in [0.5, 0.6) is 0 Å². The molecule has 4 heterocycles. The number of azo groups is 1. The van der Waals surface area contributed by atoms with Crippen LogP contribution in [0.1, 0.15) is 16.7 Å². The van der Waals surface area contributed by atoms with Crippen molar-refractivity contribution in [2.24, 2.45) is 10.2 Å². The van der Waals surface area contributed by atoms with Crippen LogP contribution >= 0.6 is 0 Å². The van der Waals surface area contributed by atoms with Gasteiger partial charge in [0.05, 0.1) is 22.0 Å². The first kappa shape index (κ1) is 44.3. The summed E-state index contributed by atoms with van der Waals surface area (Å²) in [6, 6.07) is 24.8. The van der Waals surface area contributed by atoms with Crippen LogP contribution in [0.15, 0.2) is 144 Å². The molecular formula is C41H28N8O15S5. The minimum atomic E-state index is -5.00. The molecule has 11 aromatic rings. The van der Waals surface area contributed by atoms with Gasteiger partial charge in [0.2, 0.25) is 0 Å². The fourth-order valence-corrected chi connectivity index (χ4v) is 11.8. The number of hydrogen-bond donors (Lipinski definition) is 5. The molecule has 0 radical (unpaired) electrons. The highest BCUT2D eigenvalue weighted by Crippen LogP contribution is 2.39. The minimum Gasteiger partial charge on any atom is -0.282 e. The smallest absolute Gasteiger partial charge is 0.282 e. The van der Waals surface area contributed by atoms with Crippen LogP contribution in [0.2, 0.25) is 0 Å². The van der Waals surface area contributed by atoms with Gasteiger partial charge in [0.15, 0.2) is 0 Å². The molecular weight excluding hydrogens is 1000 g/mol. The van der Waals surface area contributed by atoms with Crippen LogP contribution in [0.25, 0.3) is 67.1 Å². The molecule has 0 bridgehead atoms. The average molecular weight is 1030 g/mol. The van der Waals surface area contributed by atoms with Gasteiger partial charge >= 0.3 is 0 Å². The SMILES string of the molecule is Cc1cc(-n2n3c4ccc5cc(S(=O)(=O)O)ccc5c4n23)c(S(=O)(=O)O)cc1N=Nc1ccc(C=Cc2ccc(-n3n4c5cc(S(=O)(=O)O)c6ccccc6c5n34)cc2S(=O)(=O)O)c(S(=O)(=O)O)c1. The fraction of sp³-hybridized carbons (Fsp3) is 0.0244. The van der Waals surface area contributed by atoms with Gasteiger partial charge in [-0.3, -0.25) is 22.8 Å². The van der Waals surface area contributed by atoms with E-state index in [4.69, 9.17) is 0 Å². The van der Waals surface area contributed by atoms with E-state index < -0.39 is 65.3 Å². The molecule has 0 saturated carbocycles. The van der Waals surface area contributed by atoms with E-state index in [0.717, 1.165) is 24.3 Å². The minimum absolute atomic E-state index is 0.00771. The van der Waals surface area contributed by atoms with Crippen LogP contribution in [0.3, 0.4) is 0 Å². The van der Waals surface area contributed by atoms with Crippen molar-refractivity contribution in [3.05, 3.63) is 126 Å². The van der Waals surface area contributed by atoms with Gasteiger partial charge in [0.25, 0.3) is 50.6 Å². The predicted octanol–water partition coefficient (Wildman–Crippen LogP) is 6.59. The summed E-state index contributed by atoms with van der Waals surface area (Å²) in [4.78, 5) is 0.401. The summed E-state index contributed by atoms with van der Waals surface area (Å²) >= 11 is 0. The zero-order chi connectivity index (χ0) is 49.1. The van der Waals surface area contributed by atoms with Crippen LogP contribution in [-0.4, -0.2) is 93.0 Å². The molecule has 0 fully saturated rings. The Balaban J connectivity index is 0.908. The maximum Gasteiger partial charge on any atom is 0.296 e. The zero-order valence-electron chi connectivity index (χ0n) is 34.5. The molecule has 5 N–H and O–H groups in total. The number of aryl methyl sites for hydroxylation is 1. The second kappa shape index (κ2) is 14.4. The van der Waals surface area contributed by atoms with Crippen LogP contribution in [0.4, 0.5) is 11.4 Å². The Morgan fingerprint density at radius 1 is 0.464 bits per heavy atom. The second-order valence-corrected chi connectivity index (χ2v) is 22.8. The standard InChI is InChI=1S/C41H28N8O15S5/c1-22-16-34(46-45-33-15-10-25-17-28(65(50,51)52)13-14-29(25)40(33)49(45)46)39(69(62,63)64)20-32(22)43-42-26-11-8-23(36(18-26)66(53,54)55)6-7-24-9-12-27(19-37(24)67(56,57)58)44-47-35-21-38(68(59,60)61)30-4-2-3-5-31(30)41(35)48(44)47/h2-21H,1H3,(H,50,51,52)(H,53,54,55)(H,56,57,58)(H,59,60,61)(H,62,63,64). The van der Waals surface area contributed by atoms with Gasteiger partial charge in [-0.05, 0) is 89.7 Å². The molecule has 4 aromatic heterocycles. The molecule has 0 spiro atoms. The van der Waals surface area contributed by atoms with E-state index in [2.05, 4.69) is 10.2 Å². The first-order chi connectivity index (χ1) is 32.3. The van der Waals surface area contributed by atoms with Gasteiger partial charge in [-0.2, -0.15) is 57.1 Å². The summed E-state index contributed by atoms with van der Waals surface area (Å²) in [5.74, 6) is 0. The van der Waals surface area contributed by atoms with Gasteiger partial charge in [-0.15, -0.1) is 23.3 Å². The molecule has 69 heavy (non-hydrogen) atoms. The van der Waals surface area contributed by atoms with Crippen molar-refractivity contribution in [3.8, 4) is 11.4 Å². The van der Waals surface area contributed by atoms with Crippen molar-refractivity contribution >= 4 is 118 Å². The lowest BCUT2D eigenvalue weighted by Gasteiger charge is -2.08. The maximum absolute atomic E-state index is 12.8. The van der Waals surface area contributed by atoms with E-state index in [-0.39, 0.29) is 49.1 Å². The van der Waals surface area contributed by atoms with E-state index in [1.165, 1.54) is 81.0 Å². The van der Waals surface area contributed by atoms with E-state index in [0.29, 0.717) is 43.8 Å². The van der Waals surface area contributed by atoms with Crippen LogP contribution < -0.4 is 0 Å². The highest BCUT2D eigenvalue weighted by Gasteiger charge is 2.33. The van der Waals surface area contributed by atoms with Crippen molar-refractivity contribution in [1.29, 1.82) is 0 Å². The summed E-state index contributed by atoms with van der Waals surface area (Å²) < 4.78 is 181. The van der Waals surface area contributed by atoms with Gasteiger partial charge in [-0.1, -0.05) is 60.7 Å². The summed E-state index contributed by atoms with van der Waals surface area (Å²) in [6.07, 6.45) is 2.33. The lowest BCUT2D eigenvalue weighted by molar-refractivity contribution is 0.480. The zero-order valence-corrected chi connectivity index (χ0v) is 38.6. The number of nitrogens with zero attached hydrogens (tertiary/aromatic N) is 8. The van der Waals surface area contributed by atoms with Crippen molar-refractivity contribution in [2.45, 2.75) is 31.4 Å². The highest BCUT2D eigenvalue weighted by atomic mass is 32.2.